The number of aromatic nitrogens is 1. The van der Waals surface area contributed by atoms with Crippen LogP contribution in [0.2, 0.25) is 5.02 Å². The molecule has 0 aromatic carbocycles. The van der Waals surface area contributed by atoms with E-state index in [9.17, 15) is 0 Å². The molecule has 0 saturated heterocycles. The van der Waals surface area contributed by atoms with Crippen molar-refractivity contribution >= 4 is 11.6 Å². The first-order valence-electron chi connectivity index (χ1n) is 5.52. The highest BCUT2D eigenvalue weighted by molar-refractivity contribution is 6.31. The summed E-state index contributed by atoms with van der Waals surface area (Å²) < 4.78 is 4.97. The summed E-state index contributed by atoms with van der Waals surface area (Å²) in [4.78, 5) is 3.97. The smallest absolute Gasteiger partial charge is 0.0621 e. The maximum absolute atomic E-state index is 6.05. The lowest BCUT2D eigenvalue weighted by Crippen LogP contribution is -2.25. The second kappa shape index (κ2) is 7.60. The molecule has 0 saturated carbocycles. The molecule has 4 heteroatoms. The fraction of sp³-hybridized carbons (Fsp3) is 0.583. The van der Waals surface area contributed by atoms with Crippen molar-refractivity contribution in [1.82, 2.24) is 10.3 Å². The molecule has 1 atom stereocenters. The number of methoxy groups -OCH3 is 1. The van der Waals surface area contributed by atoms with Gasteiger partial charge in [-0.25, -0.2) is 0 Å². The Labute approximate surface area is 102 Å². The SMILES string of the molecule is COCCNCC(C)Cc1ccncc1Cl. The van der Waals surface area contributed by atoms with Crippen LogP contribution in [0, 0.1) is 5.92 Å². The van der Waals surface area contributed by atoms with Crippen molar-refractivity contribution in [2.75, 3.05) is 26.8 Å². The number of halogens is 1. The monoisotopic (exact) mass is 242 g/mol. The summed E-state index contributed by atoms with van der Waals surface area (Å²) >= 11 is 6.05. The largest absolute Gasteiger partial charge is 0.383 e. The topological polar surface area (TPSA) is 34.1 Å². The van der Waals surface area contributed by atoms with Crippen molar-refractivity contribution < 1.29 is 4.74 Å². The van der Waals surface area contributed by atoms with Gasteiger partial charge in [0.15, 0.2) is 0 Å². The van der Waals surface area contributed by atoms with E-state index in [1.807, 2.05) is 6.07 Å². The fourth-order valence-electron chi connectivity index (χ4n) is 1.54. The molecule has 0 aliphatic rings. The number of nitrogens with zero attached hydrogens (tertiary/aromatic N) is 1. The molecule has 0 aliphatic heterocycles. The molecule has 0 bridgehead atoms. The molecular formula is C12H19ClN2O. The third-order valence-electron chi connectivity index (χ3n) is 2.40. The van der Waals surface area contributed by atoms with Crippen LogP contribution in [0.5, 0.6) is 0 Å². The molecule has 0 radical (unpaired) electrons. The van der Waals surface area contributed by atoms with E-state index in [0.717, 1.165) is 36.7 Å². The number of hydrogen-bond donors (Lipinski definition) is 1. The van der Waals surface area contributed by atoms with Crippen molar-refractivity contribution in [3.05, 3.63) is 29.0 Å². The number of pyridine rings is 1. The molecule has 1 N–H and O–H groups in total. The van der Waals surface area contributed by atoms with Crippen LogP contribution in [0.15, 0.2) is 18.5 Å². The number of rotatable bonds is 7. The zero-order valence-electron chi connectivity index (χ0n) is 9.87. The Kier molecular flexibility index (Phi) is 6.38. The molecule has 1 unspecified atom stereocenters. The van der Waals surface area contributed by atoms with Gasteiger partial charge < -0.3 is 10.1 Å². The van der Waals surface area contributed by atoms with E-state index in [2.05, 4.69) is 17.2 Å². The first-order valence-corrected chi connectivity index (χ1v) is 5.90. The Morgan fingerprint density at radius 2 is 2.38 bits per heavy atom. The quantitative estimate of drug-likeness (QED) is 0.744. The lowest BCUT2D eigenvalue weighted by molar-refractivity contribution is 0.198. The van der Waals surface area contributed by atoms with Gasteiger partial charge in [0.05, 0.1) is 11.6 Å². The molecule has 0 fully saturated rings. The highest BCUT2D eigenvalue weighted by Crippen LogP contribution is 2.17. The summed E-state index contributed by atoms with van der Waals surface area (Å²) in [5, 5.41) is 4.10. The van der Waals surface area contributed by atoms with Gasteiger partial charge in [0.25, 0.3) is 0 Å². The standard InChI is InChI=1S/C12H19ClN2O/c1-10(8-15-5-6-16-2)7-11-3-4-14-9-12(11)13/h3-4,9-10,15H,5-8H2,1-2H3. The van der Waals surface area contributed by atoms with E-state index in [0.29, 0.717) is 5.92 Å². The van der Waals surface area contributed by atoms with Gasteiger partial charge in [0.2, 0.25) is 0 Å². The highest BCUT2D eigenvalue weighted by Gasteiger charge is 2.06. The minimum absolute atomic E-state index is 0.553. The third kappa shape index (κ3) is 4.92. The Balaban J connectivity index is 2.28. The summed E-state index contributed by atoms with van der Waals surface area (Å²) in [6.07, 6.45) is 4.45. The molecule has 90 valence electrons. The molecular weight excluding hydrogens is 224 g/mol. The lowest BCUT2D eigenvalue weighted by Gasteiger charge is -2.13. The molecule has 3 nitrogen and oxygen atoms in total. The second-order valence-electron chi connectivity index (χ2n) is 3.97. The fourth-order valence-corrected chi connectivity index (χ4v) is 1.74. The van der Waals surface area contributed by atoms with Crippen LogP contribution in [0.3, 0.4) is 0 Å². The Bertz CT molecular complexity index is 307. The third-order valence-corrected chi connectivity index (χ3v) is 2.74. The van der Waals surface area contributed by atoms with E-state index < -0.39 is 0 Å². The summed E-state index contributed by atoms with van der Waals surface area (Å²) in [7, 11) is 1.71. The van der Waals surface area contributed by atoms with Gasteiger partial charge in [-0.05, 0) is 30.5 Å². The van der Waals surface area contributed by atoms with E-state index >= 15 is 0 Å². The number of hydrogen-bond acceptors (Lipinski definition) is 3. The maximum atomic E-state index is 6.05. The van der Waals surface area contributed by atoms with Gasteiger partial charge in [-0.1, -0.05) is 18.5 Å². The molecule has 0 aliphatic carbocycles. The number of nitrogens with one attached hydrogen (secondary N) is 1. The normalized spacial score (nSPS) is 12.7. The van der Waals surface area contributed by atoms with Gasteiger partial charge >= 0.3 is 0 Å². The Morgan fingerprint density at radius 3 is 3.06 bits per heavy atom. The first-order chi connectivity index (χ1) is 7.74. The van der Waals surface area contributed by atoms with Crippen LogP contribution in [-0.2, 0) is 11.2 Å². The van der Waals surface area contributed by atoms with Gasteiger partial charge in [-0.15, -0.1) is 0 Å². The van der Waals surface area contributed by atoms with Crippen LogP contribution >= 0.6 is 11.6 Å². The van der Waals surface area contributed by atoms with Crippen LogP contribution in [0.1, 0.15) is 12.5 Å². The van der Waals surface area contributed by atoms with Gasteiger partial charge in [0, 0.05) is 26.0 Å². The predicted molar refractivity (Wildman–Crippen MR) is 66.9 cm³/mol. The minimum atomic E-state index is 0.553. The van der Waals surface area contributed by atoms with Crippen LogP contribution < -0.4 is 5.32 Å². The van der Waals surface area contributed by atoms with Crippen molar-refractivity contribution in [2.45, 2.75) is 13.3 Å². The molecule has 1 rings (SSSR count). The summed E-state index contributed by atoms with van der Waals surface area (Å²) in [5.41, 5.74) is 1.16. The Hall–Kier alpha value is -0.640. The number of ether oxygens (including phenoxy) is 1. The van der Waals surface area contributed by atoms with Gasteiger partial charge in [0.1, 0.15) is 0 Å². The van der Waals surface area contributed by atoms with Crippen LogP contribution in [0.25, 0.3) is 0 Å². The summed E-state index contributed by atoms with van der Waals surface area (Å²) in [6.45, 7) is 4.83. The van der Waals surface area contributed by atoms with E-state index in [-0.39, 0.29) is 0 Å². The molecule has 0 spiro atoms. The lowest BCUT2D eigenvalue weighted by atomic mass is 10.0. The van der Waals surface area contributed by atoms with Gasteiger partial charge in [-0.3, -0.25) is 4.98 Å². The van der Waals surface area contributed by atoms with Crippen LogP contribution in [0.4, 0.5) is 0 Å². The first kappa shape index (κ1) is 13.4. The van der Waals surface area contributed by atoms with Crippen molar-refractivity contribution in [3.63, 3.8) is 0 Å². The minimum Gasteiger partial charge on any atom is -0.383 e. The molecule has 1 heterocycles. The average molecular weight is 243 g/mol. The van der Waals surface area contributed by atoms with E-state index in [1.54, 1.807) is 19.5 Å². The Morgan fingerprint density at radius 1 is 1.56 bits per heavy atom. The van der Waals surface area contributed by atoms with E-state index in [4.69, 9.17) is 16.3 Å². The maximum Gasteiger partial charge on any atom is 0.0621 e. The zero-order chi connectivity index (χ0) is 11.8. The molecule has 1 aromatic heterocycles. The summed E-state index contributed by atoms with van der Waals surface area (Å²) in [5.74, 6) is 0.553. The molecule has 16 heavy (non-hydrogen) atoms. The molecule has 0 amide bonds. The summed E-state index contributed by atoms with van der Waals surface area (Å²) in [6, 6.07) is 1.98. The highest BCUT2D eigenvalue weighted by atomic mass is 35.5. The molecule has 1 aromatic rings. The van der Waals surface area contributed by atoms with Crippen molar-refractivity contribution in [3.8, 4) is 0 Å². The van der Waals surface area contributed by atoms with Crippen molar-refractivity contribution in [2.24, 2.45) is 5.92 Å². The van der Waals surface area contributed by atoms with Crippen molar-refractivity contribution in [1.29, 1.82) is 0 Å². The van der Waals surface area contributed by atoms with Crippen LogP contribution in [-0.4, -0.2) is 31.8 Å². The van der Waals surface area contributed by atoms with E-state index in [1.165, 1.54) is 0 Å². The van der Waals surface area contributed by atoms with Gasteiger partial charge in [-0.2, -0.15) is 0 Å². The average Bonchev–Trinajstić information content (AvgIpc) is 2.28. The second-order valence-corrected chi connectivity index (χ2v) is 4.38. The predicted octanol–water partition coefficient (Wildman–Crippen LogP) is 2.15. The zero-order valence-corrected chi connectivity index (χ0v) is 10.6.